The van der Waals surface area contributed by atoms with E-state index in [1.807, 2.05) is 33.0 Å². The van der Waals surface area contributed by atoms with Gasteiger partial charge < -0.3 is 5.32 Å². The smallest absolute Gasteiger partial charge is 0.253 e. The summed E-state index contributed by atoms with van der Waals surface area (Å²) in [6, 6.07) is 12.6. The van der Waals surface area contributed by atoms with Gasteiger partial charge in [0.1, 0.15) is 0 Å². The van der Waals surface area contributed by atoms with Gasteiger partial charge in [-0.1, -0.05) is 30.3 Å². The number of fused-ring (bicyclic) bond motifs is 1. The van der Waals surface area contributed by atoms with Crippen LogP contribution in [0, 0.1) is 13.8 Å². The van der Waals surface area contributed by atoms with E-state index in [1.165, 1.54) is 18.4 Å². The summed E-state index contributed by atoms with van der Waals surface area (Å²) in [7, 11) is 1.88. The van der Waals surface area contributed by atoms with Crippen LogP contribution in [-0.2, 0) is 7.05 Å². The van der Waals surface area contributed by atoms with Gasteiger partial charge in [-0.3, -0.25) is 14.4 Å². The molecule has 6 nitrogen and oxygen atoms in total. The molecule has 2 aromatic heterocycles. The summed E-state index contributed by atoms with van der Waals surface area (Å²) < 4.78 is 1.76. The summed E-state index contributed by atoms with van der Waals surface area (Å²) in [5, 5.41) is 8.50. The molecule has 3 heterocycles. The number of benzene rings is 1. The van der Waals surface area contributed by atoms with Gasteiger partial charge in [0.15, 0.2) is 5.65 Å². The molecule has 6 heteroatoms. The number of pyridine rings is 1. The topological polar surface area (TPSA) is 63.1 Å². The minimum atomic E-state index is -0.0738. The fourth-order valence-electron chi connectivity index (χ4n) is 4.13. The third-order valence-electron chi connectivity index (χ3n) is 5.66. The van der Waals surface area contributed by atoms with E-state index in [0.29, 0.717) is 12.1 Å². The molecule has 1 amide bonds. The molecule has 4 rings (SSSR count). The van der Waals surface area contributed by atoms with E-state index < -0.39 is 0 Å². The van der Waals surface area contributed by atoms with Crippen LogP contribution in [0.3, 0.4) is 0 Å². The van der Waals surface area contributed by atoms with E-state index in [1.54, 1.807) is 4.68 Å². The number of hydrogen-bond acceptors (Lipinski definition) is 4. The molecule has 0 bridgehead atoms. The minimum Gasteiger partial charge on any atom is -0.350 e. The highest BCUT2D eigenvalue weighted by Crippen LogP contribution is 2.25. The van der Waals surface area contributed by atoms with E-state index in [9.17, 15) is 4.79 Å². The van der Waals surface area contributed by atoms with Crippen LogP contribution >= 0.6 is 0 Å². The van der Waals surface area contributed by atoms with Crippen LogP contribution in [0.1, 0.15) is 46.2 Å². The average Bonchev–Trinajstić information content (AvgIpc) is 3.31. The monoisotopic (exact) mass is 377 g/mol. The summed E-state index contributed by atoms with van der Waals surface area (Å²) in [5.41, 5.74) is 4.30. The highest BCUT2D eigenvalue weighted by Gasteiger charge is 2.24. The van der Waals surface area contributed by atoms with Crippen molar-refractivity contribution in [1.82, 2.24) is 25.0 Å². The summed E-state index contributed by atoms with van der Waals surface area (Å²) in [4.78, 5) is 20.1. The first-order valence-corrected chi connectivity index (χ1v) is 9.92. The van der Waals surface area contributed by atoms with E-state index in [-0.39, 0.29) is 11.9 Å². The quantitative estimate of drug-likeness (QED) is 0.742. The molecule has 146 valence electrons. The van der Waals surface area contributed by atoms with Gasteiger partial charge in [-0.2, -0.15) is 5.10 Å². The zero-order valence-electron chi connectivity index (χ0n) is 16.8. The number of aromatic nitrogens is 3. The Morgan fingerprint density at radius 2 is 1.86 bits per heavy atom. The Bertz CT molecular complexity index is 989. The van der Waals surface area contributed by atoms with E-state index in [4.69, 9.17) is 0 Å². The van der Waals surface area contributed by atoms with Crippen LogP contribution in [0.5, 0.6) is 0 Å². The average molecular weight is 377 g/mol. The van der Waals surface area contributed by atoms with Crippen LogP contribution in [0.25, 0.3) is 11.0 Å². The van der Waals surface area contributed by atoms with Gasteiger partial charge in [0.05, 0.1) is 23.0 Å². The van der Waals surface area contributed by atoms with Crippen LogP contribution < -0.4 is 5.32 Å². The molecule has 1 atom stereocenters. The van der Waals surface area contributed by atoms with Crippen molar-refractivity contribution in [1.29, 1.82) is 0 Å². The maximum absolute atomic E-state index is 13.0. The van der Waals surface area contributed by atoms with Gasteiger partial charge in [-0.05, 0) is 51.4 Å². The van der Waals surface area contributed by atoms with Gasteiger partial charge in [-0.25, -0.2) is 4.98 Å². The van der Waals surface area contributed by atoms with Crippen LogP contribution in [0.15, 0.2) is 36.4 Å². The standard InChI is InChI=1S/C22H27N5O/c1-15-19(13-18-16(2)25-26(3)21(18)24-15)22(28)23-14-20(27-11-7-8-12-27)17-9-5-4-6-10-17/h4-6,9-10,13,20H,7-8,11-12,14H2,1-3H3,(H,23,28)/t20-/m1/s1. The highest BCUT2D eigenvalue weighted by atomic mass is 16.1. The molecule has 1 aliphatic rings. The molecule has 0 unspecified atom stereocenters. The van der Waals surface area contributed by atoms with Crippen molar-refractivity contribution in [2.75, 3.05) is 19.6 Å². The Kier molecular flexibility index (Phi) is 5.13. The highest BCUT2D eigenvalue weighted by molar-refractivity contribution is 5.98. The number of hydrogen-bond donors (Lipinski definition) is 1. The number of carbonyl (C=O) groups excluding carboxylic acids is 1. The molecule has 3 aromatic rings. The zero-order chi connectivity index (χ0) is 19.7. The van der Waals surface area contributed by atoms with Crippen molar-refractivity contribution in [2.45, 2.75) is 32.7 Å². The van der Waals surface area contributed by atoms with Crippen LogP contribution in [0.4, 0.5) is 0 Å². The molecule has 1 saturated heterocycles. The maximum Gasteiger partial charge on any atom is 0.253 e. The number of nitrogens with one attached hydrogen (secondary N) is 1. The van der Waals surface area contributed by atoms with E-state index in [0.717, 1.165) is 35.5 Å². The predicted molar refractivity (Wildman–Crippen MR) is 110 cm³/mol. The van der Waals surface area contributed by atoms with Gasteiger partial charge in [0.25, 0.3) is 5.91 Å². The first kappa shape index (κ1) is 18.6. The fourth-order valence-corrected chi connectivity index (χ4v) is 4.13. The number of aryl methyl sites for hydroxylation is 3. The molecule has 1 aliphatic heterocycles. The van der Waals surface area contributed by atoms with Crippen LogP contribution in [0.2, 0.25) is 0 Å². The molecule has 0 spiro atoms. The number of amides is 1. The summed E-state index contributed by atoms with van der Waals surface area (Å²) in [6.07, 6.45) is 2.44. The molecule has 0 radical (unpaired) electrons. The molecular weight excluding hydrogens is 350 g/mol. The fraction of sp³-hybridized carbons (Fsp3) is 0.409. The van der Waals surface area contributed by atoms with Crippen molar-refractivity contribution >= 4 is 16.9 Å². The summed E-state index contributed by atoms with van der Waals surface area (Å²) >= 11 is 0. The summed E-state index contributed by atoms with van der Waals surface area (Å²) in [6.45, 7) is 6.58. The molecule has 1 fully saturated rings. The van der Waals surface area contributed by atoms with Gasteiger partial charge in [-0.15, -0.1) is 0 Å². The SMILES string of the molecule is Cc1nc2c(cc1C(=O)NC[C@H](c1ccccc1)N1CCCC1)c(C)nn2C. The molecule has 1 aromatic carbocycles. The lowest BCUT2D eigenvalue weighted by Crippen LogP contribution is -2.37. The van der Waals surface area contributed by atoms with Crippen molar-refractivity contribution in [3.05, 3.63) is 58.9 Å². The minimum absolute atomic E-state index is 0.0738. The van der Waals surface area contributed by atoms with E-state index in [2.05, 4.69) is 44.6 Å². The van der Waals surface area contributed by atoms with Crippen molar-refractivity contribution in [2.24, 2.45) is 7.05 Å². The second-order valence-corrected chi connectivity index (χ2v) is 7.58. The Morgan fingerprint density at radius 3 is 2.57 bits per heavy atom. The number of carbonyl (C=O) groups is 1. The Labute approximate surface area is 165 Å². The number of likely N-dealkylation sites (tertiary alicyclic amines) is 1. The number of nitrogens with zero attached hydrogens (tertiary/aromatic N) is 4. The molecule has 28 heavy (non-hydrogen) atoms. The third kappa shape index (κ3) is 3.52. The number of rotatable bonds is 5. The third-order valence-corrected chi connectivity index (χ3v) is 5.66. The second kappa shape index (κ2) is 7.72. The van der Waals surface area contributed by atoms with Crippen molar-refractivity contribution in [3.8, 4) is 0 Å². The van der Waals surface area contributed by atoms with Crippen LogP contribution in [-0.4, -0.2) is 45.2 Å². The molecule has 1 N–H and O–H groups in total. The largest absolute Gasteiger partial charge is 0.350 e. The lowest BCUT2D eigenvalue weighted by molar-refractivity contribution is 0.0937. The van der Waals surface area contributed by atoms with Crippen molar-refractivity contribution in [3.63, 3.8) is 0 Å². The molecule has 0 aliphatic carbocycles. The lowest BCUT2D eigenvalue weighted by atomic mass is 10.0. The first-order valence-electron chi connectivity index (χ1n) is 9.92. The predicted octanol–water partition coefficient (Wildman–Crippen LogP) is 3.15. The molecule has 0 saturated carbocycles. The lowest BCUT2D eigenvalue weighted by Gasteiger charge is -2.28. The summed E-state index contributed by atoms with van der Waals surface area (Å²) in [5.74, 6) is -0.0738. The normalized spacial score (nSPS) is 15.8. The first-order chi connectivity index (χ1) is 13.5. The van der Waals surface area contributed by atoms with Gasteiger partial charge >= 0.3 is 0 Å². The Hall–Kier alpha value is -2.73. The second-order valence-electron chi connectivity index (χ2n) is 7.58. The van der Waals surface area contributed by atoms with E-state index >= 15 is 0 Å². The van der Waals surface area contributed by atoms with Gasteiger partial charge in [0, 0.05) is 19.0 Å². The van der Waals surface area contributed by atoms with Gasteiger partial charge in [0.2, 0.25) is 0 Å². The molecular formula is C22H27N5O. The Balaban J connectivity index is 1.56. The Morgan fingerprint density at radius 1 is 1.14 bits per heavy atom. The van der Waals surface area contributed by atoms with Crippen molar-refractivity contribution < 1.29 is 4.79 Å². The zero-order valence-corrected chi connectivity index (χ0v) is 16.8. The maximum atomic E-state index is 13.0.